The largest absolute Gasteiger partial charge is 0.326 e. The smallest absolute Gasteiger partial charge is 0.258 e. The molecule has 2 amide bonds. The third-order valence-electron chi connectivity index (χ3n) is 5.19. The van der Waals surface area contributed by atoms with E-state index in [1.807, 2.05) is 6.07 Å². The molecule has 2 aromatic carbocycles. The molecule has 1 aromatic heterocycles. The highest BCUT2D eigenvalue weighted by Crippen LogP contribution is 2.65. The van der Waals surface area contributed by atoms with E-state index in [0.29, 0.717) is 26.9 Å². The number of nitrogens with zero attached hydrogens (tertiary/aromatic N) is 2. The Balaban J connectivity index is 1.50. The first kappa shape index (κ1) is 24.6. The van der Waals surface area contributed by atoms with Gasteiger partial charge in [-0.15, -0.1) is 23.2 Å². The molecule has 2 atom stereocenters. The molecule has 1 heterocycles. The van der Waals surface area contributed by atoms with Gasteiger partial charge in [0.2, 0.25) is 5.91 Å². The fraction of sp³-hybridized carbons (Fsp3) is 0.130. The van der Waals surface area contributed by atoms with Gasteiger partial charge in [0.15, 0.2) is 0 Å². The highest BCUT2D eigenvalue weighted by Gasteiger charge is 2.67. The number of nitrogens with one attached hydrogen (secondary N) is 2. The first-order valence-electron chi connectivity index (χ1n) is 9.72. The highest BCUT2D eigenvalue weighted by atomic mass is 35.5. The van der Waals surface area contributed by atoms with Crippen LogP contribution in [0.5, 0.6) is 0 Å². The zero-order valence-electron chi connectivity index (χ0n) is 17.0. The lowest BCUT2D eigenvalue weighted by atomic mass is 10.1. The molecule has 0 saturated heterocycles. The van der Waals surface area contributed by atoms with Crippen LogP contribution in [-0.4, -0.2) is 21.1 Å². The van der Waals surface area contributed by atoms with Crippen molar-refractivity contribution in [2.45, 2.75) is 10.3 Å². The Morgan fingerprint density at radius 3 is 2.29 bits per heavy atom. The lowest BCUT2D eigenvalue weighted by Gasteiger charge is -2.10. The topological polar surface area (TPSA) is 94.9 Å². The number of hydrogen-bond acceptors (Lipinski definition) is 4. The predicted octanol–water partition coefficient (Wildman–Crippen LogP) is 6.69. The van der Waals surface area contributed by atoms with Crippen molar-refractivity contribution >= 4 is 81.3 Å². The van der Waals surface area contributed by atoms with Gasteiger partial charge < -0.3 is 10.6 Å². The summed E-state index contributed by atoms with van der Waals surface area (Å²) in [5.41, 5.74) is 1.44. The Morgan fingerprint density at radius 2 is 1.68 bits per heavy atom. The van der Waals surface area contributed by atoms with Crippen molar-refractivity contribution in [1.82, 2.24) is 4.98 Å². The zero-order valence-corrected chi connectivity index (χ0v) is 20.7. The quantitative estimate of drug-likeness (QED) is 0.344. The molecule has 172 valence electrons. The number of halogens is 5. The summed E-state index contributed by atoms with van der Waals surface area (Å²) < 4.78 is -1.34. The Hall–Kier alpha value is -2.53. The second-order valence-corrected chi connectivity index (χ2v) is 10.2. The van der Waals surface area contributed by atoms with Crippen molar-refractivity contribution in [1.29, 1.82) is 5.26 Å². The first-order chi connectivity index (χ1) is 16.1. The standard InChI is InChI=1S/C23H13Cl5N4O2/c24-13-5-12(6-14(25)7-13)19-20(23(19,27)28)22(34)31-15-2-3-17(26)16(8-15)21(33)32-18-4-1-11(9-29)10-30-18/h1-8,10,19-20H,(H,31,34)(H,30,32,33). The van der Waals surface area contributed by atoms with Gasteiger partial charge in [0, 0.05) is 27.8 Å². The van der Waals surface area contributed by atoms with Crippen molar-refractivity contribution < 1.29 is 9.59 Å². The number of carbonyl (C=O) groups excluding carboxylic acids is 2. The van der Waals surface area contributed by atoms with E-state index in [1.165, 1.54) is 30.5 Å². The normalized spacial score (nSPS) is 18.0. The van der Waals surface area contributed by atoms with E-state index in [9.17, 15) is 9.59 Å². The molecular formula is C23H13Cl5N4O2. The molecule has 0 bridgehead atoms. The van der Waals surface area contributed by atoms with Crippen LogP contribution in [0.2, 0.25) is 15.1 Å². The van der Waals surface area contributed by atoms with Gasteiger partial charge in [-0.2, -0.15) is 5.26 Å². The number of benzene rings is 2. The van der Waals surface area contributed by atoms with E-state index in [0.717, 1.165) is 0 Å². The fourth-order valence-corrected chi connectivity index (χ4v) is 5.11. The van der Waals surface area contributed by atoms with E-state index >= 15 is 0 Å². The molecule has 2 unspecified atom stereocenters. The molecule has 11 heteroatoms. The Morgan fingerprint density at radius 1 is 0.971 bits per heavy atom. The van der Waals surface area contributed by atoms with Crippen molar-refractivity contribution in [3.63, 3.8) is 0 Å². The molecule has 1 fully saturated rings. The molecule has 0 spiro atoms. The second-order valence-electron chi connectivity index (χ2n) is 7.51. The van der Waals surface area contributed by atoms with Gasteiger partial charge in [0.1, 0.15) is 16.2 Å². The van der Waals surface area contributed by atoms with E-state index in [1.54, 1.807) is 24.3 Å². The number of alkyl halides is 2. The maximum atomic E-state index is 12.9. The van der Waals surface area contributed by atoms with Gasteiger partial charge in [-0.25, -0.2) is 4.98 Å². The summed E-state index contributed by atoms with van der Waals surface area (Å²) in [4.78, 5) is 29.6. The summed E-state index contributed by atoms with van der Waals surface area (Å²) in [6.07, 6.45) is 1.33. The number of amides is 2. The summed E-state index contributed by atoms with van der Waals surface area (Å²) in [6, 6.07) is 14.3. The molecule has 0 radical (unpaired) electrons. The number of rotatable bonds is 5. The lowest BCUT2D eigenvalue weighted by Crippen LogP contribution is -2.18. The molecule has 1 saturated carbocycles. The summed E-state index contributed by atoms with van der Waals surface area (Å²) in [5.74, 6) is -2.01. The Kier molecular flexibility index (Phi) is 6.95. The summed E-state index contributed by atoms with van der Waals surface area (Å²) in [6.45, 7) is 0. The summed E-state index contributed by atoms with van der Waals surface area (Å²) >= 11 is 31.1. The second kappa shape index (κ2) is 9.61. The molecule has 1 aliphatic rings. The molecule has 34 heavy (non-hydrogen) atoms. The molecule has 3 aromatic rings. The monoisotopic (exact) mass is 552 g/mol. The summed E-state index contributed by atoms with van der Waals surface area (Å²) in [5, 5.41) is 15.2. The Bertz CT molecular complexity index is 1320. The number of aromatic nitrogens is 1. The number of pyridine rings is 1. The van der Waals surface area contributed by atoms with Crippen LogP contribution >= 0.6 is 58.0 Å². The molecule has 2 N–H and O–H groups in total. The third kappa shape index (κ3) is 5.10. The molecule has 1 aliphatic carbocycles. The van der Waals surface area contributed by atoms with Crippen molar-refractivity contribution in [3.8, 4) is 6.07 Å². The zero-order chi connectivity index (χ0) is 24.6. The van der Waals surface area contributed by atoms with Crippen LogP contribution < -0.4 is 10.6 Å². The summed E-state index contributed by atoms with van der Waals surface area (Å²) in [7, 11) is 0. The van der Waals surface area contributed by atoms with E-state index in [4.69, 9.17) is 63.3 Å². The van der Waals surface area contributed by atoms with Crippen LogP contribution in [0.1, 0.15) is 27.4 Å². The minimum atomic E-state index is -1.34. The van der Waals surface area contributed by atoms with Gasteiger partial charge in [0.05, 0.1) is 22.1 Å². The molecule has 4 rings (SSSR count). The molecule has 0 aliphatic heterocycles. The van der Waals surface area contributed by atoms with Crippen LogP contribution in [0, 0.1) is 17.2 Å². The minimum Gasteiger partial charge on any atom is -0.326 e. The van der Waals surface area contributed by atoms with Gasteiger partial charge in [0.25, 0.3) is 5.91 Å². The number of hydrogen-bond donors (Lipinski definition) is 2. The van der Waals surface area contributed by atoms with Gasteiger partial charge >= 0.3 is 0 Å². The van der Waals surface area contributed by atoms with Crippen LogP contribution in [0.15, 0.2) is 54.7 Å². The predicted molar refractivity (Wildman–Crippen MR) is 134 cm³/mol. The van der Waals surface area contributed by atoms with E-state index in [2.05, 4.69) is 15.6 Å². The maximum absolute atomic E-state index is 12.9. The van der Waals surface area contributed by atoms with Crippen molar-refractivity contribution in [2.75, 3.05) is 10.6 Å². The van der Waals surface area contributed by atoms with Crippen LogP contribution in [0.3, 0.4) is 0 Å². The number of carbonyl (C=O) groups is 2. The number of nitriles is 1. The van der Waals surface area contributed by atoms with E-state index in [-0.39, 0.29) is 16.4 Å². The van der Waals surface area contributed by atoms with Crippen LogP contribution in [0.4, 0.5) is 11.5 Å². The lowest BCUT2D eigenvalue weighted by molar-refractivity contribution is -0.117. The Labute approximate surface area is 219 Å². The van der Waals surface area contributed by atoms with Gasteiger partial charge in [-0.1, -0.05) is 34.8 Å². The fourth-order valence-electron chi connectivity index (χ4n) is 3.54. The minimum absolute atomic E-state index is 0.114. The van der Waals surface area contributed by atoms with Crippen molar-refractivity contribution in [3.05, 3.63) is 86.5 Å². The van der Waals surface area contributed by atoms with E-state index < -0.39 is 28.0 Å². The number of anilines is 2. The van der Waals surface area contributed by atoms with Crippen LogP contribution in [0.25, 0.3) is 0 Å². The van der Waals surface area contributed by atoms with Gasteiger partial charge in [-0.05, 0) is 54.1 Å². The average Bonchev–Trinajstić information content (AvgIpc) is 3.37. The SMILES string of the molecule is N#Cc1ccc(NC(=O)c2cc(NC(=O)C3C(c4cc(Cl)cc(Cl)c4)C3(Cl)Cl)ccc2Cl)nc1. The molecular weight excluding hydrogens is 542 g/mol. The van der Waals surface area contributed by atoms with Crippen molar-refractivity contribution in [2.24, 2.45) is 5.92 Å². The molecule has 6 nitrogen and oxygen atoms in total. The highest BCUT2D eigenvalue weighted by molar-refractivity contribution is 6.53. The van der Waals surface area contributed by atoms with Crippen LogP contribution in [-0.2, 0) is 4.79 Å². The third-order valence-corrected chi connectivity index (χ3v) is 6.90. The average molecular weight is 555 g/mol. The first-order valence-corrected chi connectivity index (χ1v) is 11.6. The van der Waals surface area contributed by atoms with Gasteiger partial charge in [-0.3, -0.25) is 9.59 Å². The maximum Gasteiger partial charge on any atom is 0.258 e.